The van der Waals surface area contributed by atoms with Crippen molar-refractivity contribution < 1.29 is 14.3 Å². The van der Waals surface area contributed by atoms with E-state index in [0.717, 1.165) is 12.1 Å². The maximum Gasteiger partial charge on any atom is 0.260 e. The van der Waals surface area contributed by atoms with E-state index in [4.69, 9.17) is 9.47 Å². The van der Waals surface area contributed by atoms with E-state index in [1.807, 2.05) is 43.3 Å². The highest BCUT2D eigenvalue weighted by Gasteiger charge is 2.11. The first-order valence-electron chi connectivity index (χ1n) is 7.69. The van der Waals surface area contributed by atoms with E-state index in [-0.39, 0.29) is 12.5 Å². The number of amides is 1. The number of nitrogens with zero attached hydrogens (tertiary/aromatic N) is 2. The lowest BCUT2D eigenvalue weighted by atomic mass is 10.2. The zero-order valence-electron chi connectivity index (χ0n) is 13.6. The second kappa shape index (κ2) is 8.78. The largest absolute Gasteiger partial charge is 0.490 e. The molecule has 0 atom stereocenters. The van der Waals surface area contributed by atoms with Gasteiger partial charge in [0.15, 0.2) is 18.1 Å². The van der Waals surface area contributed by atoms with Crippen molar-refractivity contribution in [3.63, 3.8) is 0 Å². The van der Waals surface area contributed by atoms with Crippen LogP contribution in [-0.2, 0) is 11.2 Å². The molecule has 0 radical (unpaired) electrons. The summed E-state index contributed by atoms with van der Waals surface area (Å²) in [6, 6.07) is 13.1. The molecule has 0 bridgehead atoms. The molecule has 23 heavy (non-hydrogen) atoms. The molecule has 5 nitrogen and oxygen atoms in total. The molecule has 0 spiro atoms. The highest BCUT2D eigenvalue weighted by Crippen LogP contribution is 2.26. The van der Waals surface area contributed by atoms with Crippen molar-refractivity contribution in [2.45, 2.75) is 13.3 Å². The maximum absolute atomic E-state index is 12.1. The minimum atomic E-state index is -0.0766. The Kier molecular flexibility index (Phi) is 6.41. The number of carbonyl (C=O) groups is 1. The molecule has 1 aromatic carbocycles. The first-order chi connectivity index (χ1) is 11.2. The molecule has 0 aliphatic heterocycles. The van der Waals surface area contributed by atoms with Crippen molar-refractivity contribution in [2.24, 2.45) is 0 Å². The third-order valence-electron chi connectivity index (χ3n) is 3.36. The minimum absolute atomic E-state index is 0.0111. The molecule has 0 N–H and O–H groups in total. The van der Waals surface area contributed by atoms with Gasteiger partial charge < -0.3 is 14.4 Å². The molecular weight excluding hydrogens is 292 g/mol. The molecular formula is C18H22N2O3. The lowest BCUT2D eigenvalue weighted by Crippen LogP contribution is -2.33. The second-order valence-electron chi connectivity index (χ2n) is 5.05. The molecule has 1 amide bonds. The smallest absolute Gasteiger partial charge is 0.260 e. The second-order valence-corrected chi connectivity index (χ2v) is 5.05. The van der Waals surface area contributed by atoms with E-state index in [1.54, 1.807) is 24.2 Å². The summed E-state index contributed by atoms with van der Waals surface area (Å²) in [5.74, 6) is 1.16. The first-order valence-corrected chi connectivity index (χ1v) is 7.69. The fourth-order valence-electron chi connectivity index (χ4n) is 2.05. The maximum atomic E-state index is 12.1. The fourth-order valence-corrected chi connectivity index (χ4v) is 2.05. The number of pyridine rings is 1. The monoisotopic (exact) mass is 314 g/mol. The van der Waals surface area contributed by atoms with Crippen LogP contribution in [0, 0.1) is 0 Å². The number of aromatic nitrogens is 1. The highest BCUT2D eigenvalue weighted by atomic mass is 16.5. The number of hydrogen-bond donors (Lipinski definition) is 0. The van der Waals surface area contributed by atoms with Gasteiger partial charge in [-0.05, 0) is 31.2 Å². The summed E-state index contributed by atoms with van der Waals surface area (Å²) in [4.78, 5) is 18.0. The third-order valence-corrected chi connectivity index (χ3v) is 3.36. The van der Waals surface area contributed by atoms with Crippen LogP contribution in [-0.4, -0.2) is 42.6 Å². The van der Waals surface area contributed by atoms with Crippen molar-refractivity contribution in [3.8, 4) is 11.5 Å². The van der Waals surface area contributed by atoms with E-state index in [1.165, 1.54) is 0 Å². The van der Waals surface area contributed by atoms with Gasteiger partial charge in [-0.3, -0.25) is 9.78 Å². The molecule has 0 fully saturated rings. The molecule has 2 aromatic rings. The minimum Gasteiger partial charge on any atom is -0.490 e. The van der Waals surface area contributed by atoms with Crippen LogP contribution >= 0.6 is 0 Å². The summed E-state index contributed by atoms with van der Waals surface area (Å²) in [6.07, 6.45) is 2.48. The van der Waals surface area contributed by atoms with E-state index in [0.29, 0.717) is 24.7 Å². The Labute approximate surface area is 136 Å². The molecule has 2 rings (SSSR count). The Morgan fingerprint density at radius 2 is 1.78 bits per heavy atom. The molecule has 0 saturated carbocycles. The Bertz CT molecular complexity index is 617. The Morgan fingerprint density at radius 1 is 1.09 bits per heavy atom. The van der Waals surface area contributed by atoms with Gasteiger partial charge in [0.05, 0.1) is 6.61 Å². The first kappa shape index (κ1) is 16.8. The van der Waals surface area contributed by atoms with E-state index < -0.39 is 0 Å². The van der Waals surface area contributed by atoms with Gasteiger partial charge in [0.1, 0.15) is 0 Å². The number of benzene rings is 1. The van der Waals surface area contributed by atoms with Crippen molar-refractivity contribution >= 4 is 5.91 Å². The summed E-state index contributed by atoms with van der Waals surface area (Å²) in [6.45, 7) is 3.06. The topological polar surface area (TPSA) is 51.7 Å². The molecule has 0 aliphatic carbocycles. The lowest BCUT2D eigenvalue weighted by Gasteiger charge is -2.18. The van der Waals surface area contributed by atoms with Gasteiger partial charge in [-0.1, -0.05) is 18.2 Å². The zero-order chi connectivity index (χ0) is 16.5. The van der Waals surface area contributed by atoms with Gasteiger partial charge in [-0.15, -0.1) is 0 Å². The number of carbonyl (C=O) groups excluding carboxylic acids is 1. The van der Waals surface area contributed by atoms with Crippen molar-refractivity contribution in [1.29, 1.82) is 0 Å². The normalized spacial score (nSPS) is 10.2. The molecule has 1 aromatic heterocycles. The lowest BCUT2D eigenvalue weighted by molar-refractivity contribution is -0.132. The average molecular weight is 314 g/mol. The highest BCUT2D eigenvalue weighted by molar-refractivity contribution is 5.77. The van der Waals surface area contributed by atoms with Crippen molar-refractivity contribution in [2.75, 3.05) is 26.8 Å². The zero-order valence-corrected chi connectivity index (χ0v) is 13.6. The van der Waals surface area contributed by atoms with Crippen LogP contribution in [0.2, 0.25) is 0 Å². The average Bonchev–Trinajstić information content (AvgIpc) is 2.59. The summed E-state index contributed by atoms with van der Waals surface area (Å²) in [5.41, 5.74) is 0.967. The molecule has 122 valence electrons. The van der Waals surface area contributed by atoms with E-state index in [9.17, 15) is 4.79 Å². The van der Waals surface area contributed by atoms with Gasteiger partial charge in [0.25, 0.3) is 5.91 Å². The molecule has 5 heteroatoms. The van der Waals surface area contributed by atoms with Crippen molar-refractivity contribution in [1.82, 2.24) is 9.88 Å². The van der Waals surface area contributed by atoms with Crippen LogP contribution in [0.3, 0.4) is 0 Å². The van der Waals surface area contributed by atoms with E-state index in [2.05, 4.69) is 4.98 Å². The van der Waals surface area contributed by atoms with Gasteiger partial charge in [-0.25, -0.2) is 0 Å². The number of ether oxygens (including phenoxy) is 2. The Morgan fingerprint density at radius 3 is 2.43 bits per heavy atom. The summed E-state index contributed by atoms with van der Waals surface area (Å²) < 4.78 is 11.1. The predicted octanol–water partition coefficient (Wildman–Crippen LogP) is 2.56. The Hall–Kier alpha value is -2.56. The van der Waals surface area contributed by atoms with Crippen LogP contribution in [0.5, 0.6) is 11.5 Å². The van der Waals surface area contributed by atoms with Gasteiger partial charge in [-0.2, -0.15) is 0 Å². The molecule has 0 saturated heterocycles. The van der Waals surface area contributed by atoms with Crippen LogP contribution in [0.4, 0.5) is 0 Å². The quantitative estimate of drug-likeness (QED) is 0.751. The van der Waals surface area contributed by atoms with Gasteiger partial charge in [0.2, 0.25) is 0 Å². The van der Waals surface area contributed by atoms with Crippen molar-refractivity contribution in [3.05, 3.63) is 54.4 Å². The van der Waals surface area contributed by atoms with E-state index >= 15 is 0 Å². The fraction of sp³-hybridized carbons (Fsp3) is 0.333. The number of hydrogen-bond acceptors (Lipinski definition) is 4. The van der Waals surface area contributed by atoms with Gasteiger partial charge >= 0.3 is 0 Å². The predicted molar refractivity (Wildman–Crippen MR) is 88.7 cm³/mol. The van der Waals surface area contributed by atoms with Gasteiger partial charge in [0, 0.05) is 31.9 Å². The summed E-state index contributed by atoms with van der Waals surface area (Å²) in [5, 5.41) is 0. The molecule has 0 aliphatic rings. The molecule has 0 unspecified atom stereocenters. The summed E-state index contributed by atoms with van der Waals surface area (Å²) >= 11 is 0. The number of rotatable bonds is 8. The Balaban J connectivity index is 1.82. The molecule has 1 heterocycles. The third kappa shape index (κ3) is 5.29. The number of para-hydroxylation sites is 2. The standard InChI is InChI=1S/C18H22N2O3/c1-3-22-16-9-4-5-10-17(16)23-14-18(21)20(2)13-11-15-8-6-7-12-19-15/h4-10,12H,3,11,13-14H2,1-2H3. The summed E-state index contributed by atoms with van der Waals surface area (Å²) in [7, 11) is 1.77. The SMILES string of the molecule is CCOc1ccccc1OCC(=O)N(C)CCc1ccccn1. The number of likely N-dealkylation sites (N-methyl/N-ethyl adjacent to an activating group) is 1. The van der Waals surface area contributed by atoms with Crippen LogP contribution < -0.4 is 9.47 Å². The van der Waals surface area contributed by atoms with Crippen LogP contribution in [0.15, 0.2) is 48.7 Å². The van der Waals surface area contributed by atoms with Crippen LogP contribution in [0.25, 0.3) is 0 Å². The van der Waals surface area contributed by atoms with Crippen LogP contribution in [0.1, 0.15) is 12.6 Å².